The van der Waals surface area contributed by atoms with Crippen LogP contribution < -0.4 is 5.73 Å². The Kier molecular flexibility index (Phi) is 3.24. The topological polar surface area (TPSA) is 89.3 Å². The molecule has 0 radical (unpaired) electrons. The van der Waals surface area contributed by atoms with Gasteiger partial charge >= 0.3 is 0 Å². The fraction of sp³-hybridized carbons (Fsp3) is 0.571. The number of hydrogen-bond acceptors (Lipinski definition) is 4. The molecule has 0 aliphatic heterocycles. The fourth-order valence-corrected chi connectivity index (χ4v) is 0.885. The van der Waals surface area contributed by atoms with Crippen LogP contribution in [0.2, 0.25) is 0 Å². The minimum Gasteiger partial charge on any atom is -0.409 e. The standard InChI is InChI=1S/C7H13N5O/c1-2-3-4-12-5-9-7(10-12)6(8)11-13/h5,13H,2-4H2,1H3,(H2,8,11). The van der Waals surface area contributed by atoms with E-state index in [1.807, 2.05) is 0 Å². The second-order valence-corrected chi connectivity index (χ2v) is 2.67. The molecule has 0 amide bonds. The average molecular weight is 183 g/mol. The first-order valence-electron chi connectivity index (χ1n) is 4.15. The van der Waals surface area contributed by atoms with Crippen molar-refractivity contribution in [3.8, 4) is 0 Å². The van der Waals surface area contributed by atoms with Crippen LogP contribution in [0.3, 0.4) is 0 Å². The van der Waals surface area contributed by atoms with E-state index in [1.54, 1.807) is 11.0 Å². The maximum atomic E-state index is 8.35. The Bertz CT molecular complexity index is 293. The van der Waals surface area contributed by atoms with Crippen LogP contribution in [0.4, 0.5) is 0 Å². The predicted molar refractivity (Wildman–Crippen MR) is 47.4 cm³/mol. The summed E-state index contributed by atoms with van der Waals surface area (Å²) in [6.45, 7) is 2.91. The highest BCUT2D eigenvalue weighted by Crippen LogP contribution is 1.94. The summed E-state index contributed by atoms with van der Waals surface area (Å²) in [4.78, 5) is 3.88. The third-order valence-electron chi connectivity index (χ3n) is 1.61. The number of nitrogens with zero attached hydrogens (tertiary/aromatic N) is 4. The normalized spacial score (nSPS) is 11.9. The van der Waals surface area contributed by atoms with Gasteiger partial charge in [0.05, 0.1) is 0 Å². The van der Waals surface area contributed by atoms with Gasteiger partial charge in [-0.1, -0.05) is 18.5 Å². The molecular formula is C7H13N5O. The molecule has 3 N–H and O–H groups in total. The molecule has 0 fully saturated rings. The quantitative estimate of drug-likeness (QED) is 0.301. The minimum absolute atomic E-state index is 0.0600. The first-order valence-corrected chi connectivity index (χ1v) is 4.15. The summed E-state index contributed by atoms with van der Waals surface area (Å²) in [5.41, 5.74) is 5.30. The Labute approximate surface area is 76.1 Å². The summed E-state index contributed by atoms with van der Waals surface area (Å²) < 4.78 is 1.68. The van der Waals surface area contributed by atoms with Gasteiger partial charge < -0.3 is 10.9 Å². The maximum absolute atomic E-state index is 8.35. The molecular weight excluding hydrogens is 170 g/mol. The van der Waals surface area contributed by atoms with E-state index in [9.17, 15) is 0 Å². The summed E-state index contributed by atoms with van der Waals surface area (Å²) in [7, 11) is 0. The molecule has 0 spiro atoms. The summed E-state index contributed by atoms with van der Waals surface area (Å²) in [6, 6.07) is 0. The van der Waals surface area contributed by atoms with Gasteiger partial charge in [-0.3, -0.25) is 4.68 Å². The van der Waals surface area contributed by atoms with Gasteiger partial charge in [-0.25, -0.2) is 4.98 Å². The summed E-state index contributed by atoms with van der Waals surface area (Å²) in [5.74, 6) is 0.203. The van der Waals surface area contributed by atoms with E-state index in [0.29, 0.717) is 0 Å². The number of aromatic nitrogens is 3. The molecule has 0 atom stereocenters. The van der Waals surface area contributed by atoms with E-state index >= 15 is 0 Å². The lowest BCUT2D eigenvalue weighted by Crippen LogP contribution is -2.15. The van der Waals surface area contributed by atoms with Crippen LogP contribution in [-0.2, 0) is 6.54 Å². The second kappa shape index (κ2) is 4.44. The summed E-state index contributed by atoms with van der Waals surface area (Å²) >= 11 is 0. The monoisotopic (exact) mass is 183 g/mol. The van der Waals surface area contributed by atoms with Crippen molar-refractivity contribution < 1.29 is 5.21 Å². The van der Waals surface area contributed by atoms with Gasteiger partial charge in [-0.15, -0.1) is 5.10 Å². The van der Waals surface area contributed by atoms with Crippen molar-refractivity contribution in [1.82, 2.24) is 14.8 Å². The SMILES string of the molecule is CCCCn1cnc(C(N)=NO)n1. The minimum atomic E-state index is -0.0600. The molecule has 1 aromatic heterocycles. The van der Waals surface area contributed by atoms with Crippen LogP contribution in [0.15, 0.2) is 11.5 Å². The molecule has 6 heteroatoms. The molecule has 0 saturated carbocycles. The zero-order chi connectivity index (χ0) is 9.68. The number of hydrogen-bond donors (Lipinski definition) is 2. The van der Waals surface area contributed by atoms with Crippen LogP contribution in [0.1, 0.15) is 25.6 Å². The lowest BCUT2D eigenvalue weighted by atomic mass is 10.3. The van der Waals surface area contributed by atoms with Crippen molar-refractivity contribution in [2.45, 2.75) is 26.3 Å². The molecule has 72 valence electrons. The fourth-order valence-electron chi connectivity index (χ4n) is 0.885. The Morgan fingerprint density at radius 3 is 3.15 bits per heavy atom. The Morgan fingerprint density at radius 2 is 2.54 bits per heavy atom. The van der Waals surface area contributed by atoms with Gasteiger partial charge in [0.15, 0.2) is 0 Å². The zero-order valence-corrected chi connectivity index (χ0v) is 7.51. The Balaban J connectivity index is 2.64. The van der Waals surface area contributed by atoms with Crippen molar-refractivity contribution in [2.75, 3.05) is 0 Å². The molecule has 0 unspecified atom stereocenters. The van der Waals surface area contributed by atoms with Gasteiger partial charge in [-0.2, -0.15) is 0 Å². The van der Waals surface area contributed by atoms with Crippen LogP contribution in [0, 0.1) is 0 Å². The van der Waals surface area contributed by atoms with E-state index in [-0.39, 0.29) is 11.7 Å². The zero-order valence-electron chi connectivity index (χ0n) is 7.51. The van der Waals surface area contributed by atoms with Crippen LogP contribution >= 0.6 is 0 Å². The number of oxime groups is 1. The molecule has 13 heavy (non-hydrogen) atoms. The van der Waals surface area contributed by atoms with Crippen molar-refractivity contribution >= 4 is 5.84 Å². The van der Waals surface area contributed by atoms with Crippen LogP contribution in [-0.4, -0.2) is 25.8 Å². The highest BCUT2D eigenvalue weighted by molar-refractivity contribution is 5.93. The van der Waals surface area contributed by atoms with E-state index < -0.39 is 0 Å². The van der Waals surface area contributed by atoms with E-state index in [0.717, 1.165) is 19.4 Å². The molecule has 0 aliphatic carbocycles. The van der Waals surface area contributed by atoms with E-state index in [4.69, 9.17) is 10.9 Å². The molecule has 0 saturated heterocycles. The molecule has 1 heterocycles. The first-order chi connectivity index (χ1) is 6.27. The van der Waals surface area contributed by atoms with Crippen molar-refractivity contribution in [3.63, 3.8) is 0 Å². The van der Waals surface area contributed by atoms with Crippen molar-refractivity contribution in [3.05, 3.63) is 12.2 Å². The molecule has 0 bridgehead atoms. The molecule has 1 aromatic rings. The molecule has 0 aliphatic rings. The molecule has 0 aromatic carbocycles. The number of aryl methyl sites for hydroxylation is 1. The van der Waals surface area contributed by atoms with E-state index in [2.05, 4.69) is 22.2 Å². The summed E-state index contributed by atoms with van der Waals surface area (Å²) in [6.07, 6.45) is 3.71. The van der Waals surface area contributed by atoms with E-state index in [1.165, 1.54) is 0 Å². The number of rotatable bonds is 4. The number of amidine groups is 1. The van der Waals surface area contributed by atoms with Crippen molar-refractivity contribution in [2.24, 2.45) is 10.9 Å². The average Bonchev–Trinajstić information content (AvgIpc) is 2.62. The Morgan fingerprint density at radius 1 is 1.77 bits per heavy atom. The number of nitrogens with two attached hydrogens (primary N) is 1. The third-order valence-corrected chi connectivity index (χ3v) is 1.61. The van der Waals surface area contributed by atoms with Gasteiger partial charge in [0.2, 0.25) is 11.7 Å². The van der Waals surface area contributed by atoms with Gasteiger partial charge in [0.25, 0.3) is 0 Å². The van der Waals surface area contributed by atoms with Gasteiger partial charge in [-0.05, 0) is 6.42 Å². The largest absolute Gasteiger partial charge is 0.409 e. The highest BCUT2D eigenvalue weighted by atomic mass is 16.4. The Hall–Kier alpha value is -1.59. The maximum Gasteiger partial charge on any atom is 0.219 e. The molecule has 1 rings (SSSR count). The first kappa shape index (κ1) is 9.50. The highest BCUT2D eigenvalue weighted by Gasteiger charge is 2.04. The van der Waals surface area contributed by atoms with Crippen molar-refractivity contribution in [1.29, 1.82) is 0 Å². The van der Waals surface area contributed by atoms with Crippen LogP contribution in [0.5, 0.6) is 0 Å². The van der Waals surface area contributed by atoms with Crippen LogP contribution in [0.25, 0.3) is 0 Å². The summed E-state index contributed by atoms with van der Waals surface area (Å²) in [5, 5.41) is 15.2. The van der Waals surface area contributed by atoms with Gasteiger partial charge in [0, 0.05) is 6.54 Å². The smallest absolute Gasteiger partial charge is 0.219 e. The van der Waals surface area contributed by atoms with Gasteiger partial charge in [0.1, 0.15) is 6.33 Å². The lowest BCUT2D eigenvalue weighted by molar-refractivity contribution is 0.318. The second-order valence-electron chi connectivity index (χ2n) is 2.67. The number of unbranched alkanes of at least 4 members (excludes halogenated alkanes) is 1. The lowest BCUT2D eigenvalue weighted by Gasteiger charge is -1.95. The molecule has 6 nitrogen and oxygen atoms in total. The third kappa shape index (κ3) is 2.43. The predicted octanol–water partition coefficient (Wildman–Crippen LogP) is 0.173.